The third kappa shape index (κ3) is 2.99. The molecule has 3 rings (SSSR count). The van der Waals surface area contributed by atoms with E-state index >= 15 is 0 Å². The minimum atomic E-state index is -0.318. The molecule has 0 fully saturated rings. The molecular weight excluding hydrogens is 302 g/mol. The summed E-state index contributed by atoms with van der Waals surface area (Å²) in [5, 5.41) is 1.02. The number of nitrogens with zero attached hydrogens (tertiary/aromatic N) is 2. The van der Waals surface area contributed by atoms with Gasteiger partial charge in [-0.3, -0.25) is 15.0 Å². The van der Waals surface area contributed by atoms with Crippen molar-refractivity contribution in [2.24, 2.45) is 0 Å². The van der Waals surface area contributed by atoms with Gasteiger partial charge in [0.25, 0.3) is 5.56 Å². The number of aromatic nitrogens is 2. The fraction of sp³-hybridized carbons (Fsp3) is 0.0625. The fourth-order valence-electron chi connectivity index (χ4n) is 2.16. The number of rotatable bonds is 3. The van der Waals surface area contributed by atoms with Crippen LogP contribution in [0.3, 0.4) is 0 Å². The van der Waals surface area contributed by atoms with Gasteiger partial charge in [0.05, 0.1) is 17.3 Å². The molecule has 0 aliphatic carbocycles. The number of amides is 1. The van der Waals surface area contributed by atoms with Crippen molar-refractivity contribution in [3.63, 3.8) is 0 Å². The molecular formula is C16H12ClN3O2. The summed E-state index contributed by atoms with van der Waals surface area (Å²) in [5.74, 6) is -0.318. The predicted molar refractivity (Wildman–Crippen MR) is 85.5 cm³/mol. The quantitative estimate of drug-likeness (QED) is 0.807. The van der Waals surface area contributed by atoms with Crippen LogP contribution in [0.1, 0.15) is 5.56 Å². The van der Waals surface area contributed by atoms with Gasteiger partial charge in [0.1, 0.15) is 6.33 Å². The first-order valence-corrected chi connectivity index (χ1v) is 7.02. The highest BCUT2D eigenvalue weighted by Crippen LogP contribution is 2.11. The Morgan fingerprint density at radius 2 is 2.00 bits per heavy atom. The highest BCUT2D eigenvalue weighted by atomic mass is 35.5. The van der Waals surface area contributed by atoms with Crippen LogP contribution in [0.15, 0.2) is 59.7 Å². The molecule has 2 aromatic carbocycles. The second-order valence-corrected chi connectivity index (χ2v) is 5.21. The van der Waals surface area contributed by atoms with Crippen molar-refractivity contribution in [1.82, 2.24) is 9.66 Å². The molecule has 0 radical (unpaired) electrons. The van der Waals surface area contributed by atoms with Crippen LogP contribution in [0.25, 0.3) is 10.9 Å². The van der Waals surface area contributed by atoms with Gasteiger partial charge < -0.3 is 0 Å². The Balaban J connectivity index is 1.82. The Morgan fingerprint density at radius 3 is 2.82 bits per heavy atom. The number of para-hydroxylation sites is 1. The molecule has 0 aliphatic heterocycles. The van der Waals surface area contributed by atoms with Crippen molar-refractivity contribution in [1.29, 1.82) is 0 Å². The Hall–Kier alpha value is -2.66. The van der Waals surface area contributed by atoms with E-state index in [9.17, 15) is 9.59 Å². The summed E-state index contributed by atoms with van der Waals surface area (Å²) in [6.45, 7) is 0. The zero-order valence-corrected chi connectivity index (χ0v) is 12.2. The molecule has 0 spiro atoms. The molecule has 1 N–H and O–H groups in total. The third-order valence-electron chi connectivity index (χ3n) is 3.16. The summed E-state index contributed by atoms with van der Waals surface area (Å²) in [6, 6.07) is 14.0. The molecule has 0 saturated heterocycles. The van der Waals surface area contributed by atoms with E-state index in [2.05, 4.69) is 10.4 Å². The van der Waals surface area contributed by atoms with E-state index in [1.807, 2.05) is 0 Å². The van der Waals surface area contributed by atoms with Gasteiger partial charge >= 0.3 is 0 Å². The predicted octanol–water partition coefficient (Wildman–Crippen LogP) is 2.36. The van der Waals surface area contributed by atoms with Crippen LogP contribution >= 0.6 is 11.6 Å². The molecule has 0 unspecified atom stereocenters. The van der Waals surface area contributed by atoms with Gasteiger partial charge in [-0.15, -0.1) is 0 Å². The van der Waals surface area contributed by atoms with Crippen molar-refractivity contribution >= 4 is 28.4 Å². The van der Waals surface area contributed by atoms with E-state index in [4.69, 9.17) is 11.6 Å². The van der Waals surface area contributed by atoms with E-state index in [-0.39, 0.29) is 17.9 Å². The normalized spacial score (nSPS) is 10.6. The van der Waals surface area contributed by atoms with Gasteiger partial charge in [0, 0.05) is 5.02 Å². The van der Waals surface area contributed by atoms with E-state index in [0.29, 0.717) is 15.9 Å². The zero-order chi connectivity index (χ0) is 15.5. The van der Waals surface area contributed by atoms with Gasteiger partial charge in [-0.05, 0) is 29.8 Å². The monoisotopic (exact) mass is 313 g/mol. The molecule has 110 valence electrons. The minimum Gasteiger partial charge on any atom is -0.273 e. The summed E-state index contributed by atoms with van der Waals surface area (Å²) in [6.07, 6.45) is 1.43. The zero-order valence-electron chi connectivity index (χ0n) is 11.5. The number of benzene rings is 2. The van der Waals surface area contributed by atoms with Crippen LogP contribution in [0.5, 0.6) is 0 Å². The summed E-state index contributed by atoms with van der Waals surface area (Å²) in [5.41, 5.74) is 3.58. The van der Waals surface area contributed by atoms with Gasteiger partial charge in [-0.25, -0.2) is 9.66 Å². The standard InChI is InChI=1S/C16H12ClN3O2/c17-12-5-3-4-11(8-12)9-15(21)19-20-10-18-14-7-2-1-6-13(14)16(20)22/h1-8,10H,9H2,(H,19,21). The lowest BCUT2D eigenvalue weighted by molar-refractivity contribution is -0.116. The van der Waals surface area contributed by atoms with E-state index in [0.717, 1.165) is 10.2 Å². The van der Waals surface area contributed by atoms with E-state index < -0.39 is 0 Å². The molecule has 5 nitrogen and oxygen atoms in total. The van der Waals surface area contributed by atoms with E-state index in [1.165, 1.54) is 6.33 Å². The van der Waals surface area contributed by atoms with Crippen LogP contribution in [-0.2, 0) is 11.2 Å². The highest BCUT2D eigenvalue weighted by molar-refractivity contribution is 6.30. The third-order valence-corrected chi connectivity index (χ3v) is 3.40. The molecule has 0 bridgehead atoms. The average molecular weight is 314 g/mol. The summed E-state index contributed by atoms with van der Waals surface area (Å²) >= 11 is 5.88. The molecule has 3 aromatic rings. The van der Waals surface area contributed by atoms with Crippen molar-refractivity contribution in [3.8, 4) is 0 Å². The molecule has 22 heavy (non-hydrogen) atoms. The first-order chi connectivity index (χ1) is 10.6. The minimum absolute atomic E-state index is 0.125. The van der Waals surface area contributed by atoms with Gasteiger partial charge in [0.15, 0.2) is 0 Å². The van der Waals surface area contributed by atoms with Crippen LogP contribution in [0, 0.1) is 0 Å². The highest BCUT2D eigenvalue weighted by Gasteiger charge is 2.08. The second kappa shape index (κ2) is 5.99. The molecule has 0 atom stereocenters. The fourth-order valence-corrected chi connectivity index (χ4v) is 2.37. The number of hydrogen-bond donors (Lipinski definition) is 1. The Labute approximate surface area is 131 Å². The summed E-state index contributed by atoms with van der Waals surface area (Å²) in [4.78, 5) is 28.4. The number of carbonyl (C=O) groups excluding carboxylic acids is 1. The first-order valence-electron chi connectivity index (χ1n) is 6.64. The largest absolute Gasteiger partial charge is 0.280 e. The Bertz CT molecular complexity index is 905. The smallest absolute Gasteiger partial charge is 0.273 e. The molecule has 6 heteroatoms. The number of halogens is 1. The van der Waals surface area contributed by atoms with Gasteiger partial charge in [-0.1, -0.05) is 35.9 Å². The van der Waals surface area contributed by atoms with Gasteiger partial charge in [0.2, 0.25) is 5.91 Å². The van der Waals surface area contributed by atoms with Crippen LogP contribution in [-0.4, -0.2) is 15.6 Å². The lowest BCUT2D eigenvalue weighted by atomic mass is 10.1. The first kappa shape index (κ1) is 14.3. The molecule has 1 heterocycles. The van der Waals surface area contributed by atoms with Crippen LogP contribution in [0.4, 0.5) is 0 Å². The molecule has 1 aromatic heterocycles. The molecule has 0 aliphatic rings. The van der Waals surface area contributed by atoms with Gasteiger partial charge in [-0.2, -0.15) is 0 Å². The Kier molecular flexibility index (Phi) is 3.89. The Morgan fingerprint density at radius 1 is 1.18 bits per heavy atom. The van der Waals surface area contributed by atoms with E-state index in [1.54, 1.807) is 48.5 Å². The topological polar surface area (TPSA) is 64.0 Å². The lowest BCUT2D eigenvalue weighted by Crippen LogP contribution is -2.34. The SMILES string of the molecule is O=C(Cc1cccc(Cl)c1)Nn1cnc2ccccc2c1=O. The number of fused-ring (bicyclic) bond motifs is 1. The number of nitrogens with one attached hydrogen (secondary N) is 1. The van der Waals surface area contributed by atoms with Crippen LogP contribution in [0.2, 0.25) is 5.02 Å². The molecule has 1 amide bonds. The average Bonchev–Trinajstić information content (AvgIpc) is 2.50. The second-order valence-electron chi connectivity index (χ2n) is 4.78. The number of carbonyl (C=O) groups is 1. The summed E-state index contributed by atoms with van der Waals surface area (Å²) in [7, 11) is 0. The lowest BCUT2D eigenvalue weighted by Gasteiger charge is -2.08. The van der Waals surface area contributed by atoms with Crippen molar-refractivity contribution in [2.45, 2.75) is 6.42 Å². The maximum atomic E-state index is 12.3. The molecule has 0 saturated carbocycles. The van der Waals surface area contributed by atoms with Crippen molar-refractivity contribution in [3.05, 3.63) is 75.8 Å². The maximum absolute atomic E-state index is 12.3. The van der Waals surface area contributed by atoms with Crippen LogP contribution < -0.4 is 11.0 Å². The van der Waals surface area contributed by atoms with Crippen molar-refractivity contribution in [2.75, 3.05) is 5.43 Å². The number of hydrogen-bond acceptors (Lipinski definition) is 3. The summed E-state index contributed by atoms with van der Waals surface area (Å²) < 4.78 is 1.09. The maximum Gasteiger partial charge on any atom is 0.280 e. The van der Waals surface area contributed by atoms with Crippen molar-refractivity contribution < 1.29 is 4.79 Å².